The Hall–Kier alpha value is -0.120. The van der Waals surface area contributed by atoms with Crippen molar-refractivity contribution in [2.24, 2.45) is 0 Å². The Labute approximate surface area is 87.2 Å². The Morgan fingerprint density at radius 1 is 1.50 bits per heavy atom. The molecule has 1 heterocycles. The van der Waals surface area contributed by atoms with Crippen LogP contribution in [0.4, 0.5) is 0 Å². The second kappa shape index (κ2) is 5.69. The maximum atomic E-state index is 5.62. The molecule has 1 aliphatic rings. The van der Waals surface area contributed by atoms with Crippen LogP contribution in [-0.4, -0.2) is 38.0 Å². The van der Waals surface area contributed by atoms with Crippen LogP contribution in [0, 0.1) is 0 Å². The van der Waals surface area contributed by atoms with Crippen LogP contribution in [0.25, 0.3) is 0 Å². The Morgan fingerprint density at radius 2 is 2.29 bits per heavy atom. The SMILES string of the molecule is CCOC(C)(C)CNC1CCCOC1. The van der Waals surface area contributed by atoms with Crippen molar-refractivity contribution >= 4 is 0 Å². The Kier molecular flexibility index (Phi) is 4.85. The van der Waals surface area contributed by atoms with E-state index in [1.807, 2.05) is 6.92 Å². The fraction of sp³-hybridized carbons (Fsp3) is 1.00. The van der Waals surface area contributed by atoms with Gasteiger partial charge in [-0.3, -0.25) is 0 Å². The quantitative estimate of drug-likeness (QED) is 0.732. The third-order valence-corrected chi connectivity index (χ3v) is 2.51. The van der Waals surface area contributed by atoms with Crippen LogP contribution in [0.3, 0.4) is 0 Å². The molecule has 1 unspecified atom stereocenters. The zero-order valence-electron chi connectivity index (χ0n) is 9.64. The Morgan fingerprint density at radius 3 is 2.86 bits per heavy atom. The summed E-state index contributed by atoms with van der Waals surface area (Å²) in [4.78, 5) is 0. The van der Waals surface area contributed by atoms with Gasteiger partial charge in [0.2, 0.25) is 0 Å². The molecule has 0 saturated carbocycles. The smallest absolute Gasteiger partial charge is 0.0750 e. The van der Waals surface area contributed by atoms with Gasteiger partial charge in [0.05, 0.1) is 12.2 Å². The summed E-state index contributed by atoms with van der Waals surface area (Å²) in [5.74, 6) is 0. The van der Waals surface area contributed by atoms with Crippen molar-refractivity contribution in [2.45, 2.75) is 45.3 Å². The van der Waals surface area contributed by atoms with Crippen LogP contribution in [0.1, 0.15) is 33.6 Å². The van der Waals surface area contributed by atoms with E-state index in [0.29, 0.717) is 6.04 Å². The average Bonchev–Trinajstić information content (AvgIpc) is 2.17. The van der Waals surface area contributed by atoms with Crippen molar-refractivity contribution < 1.29 is 9.47 Å². The zero-order chi connectivity index (χ0) is 10.4. The standard InChI is InChI=1S/C11H23NO2/c1-4-14-11(2,3)9-12-10-6-5-7-13-8-10/h10,12H,4-9H2,1-3H3. The van der Waals surface area contributed by atoms with E-state index in [2.05, 4.69) is 19.2 Å². The predicted octanol–water partition coefficient (Wildman–Crippen LogP) is 1.57. The molecule has 1 fully saturated rings. The van der Waals surface area contributed by atoms with Gasteiger partial charge in [-0.15, -0.1) is 0 Å². The van der Waals surface area contributed by atoms with Gasteiger partial charge < -0.3 is 14.8 Å². The van der Waals surface area contributed by atoms with Crippen molar-refractivity contribution in [2.75, 3.05) is 26.4 Å². The highest BCUT2D eigenvalue weighted by molar-refractivity contribution is 4.77. The first kappa shape index (κ1) is 12.0. The fourth-order valence-corrected chi connectivity index (χ4v) is 1.73. The lowest BCUT2D eigenvalue weighted by atomic mass is 10.1. The lowest BCUT2D eigenvalue weighted by Gasteiger charge is -2.30. The van der Waals surface area contributed by atoms with E-state index in [1.54, 1.807) is 0 Å². The Bertz CT molecular complexity index is 153. The maximum Gasteiger partial charge on any atom is 0.0750 e. The van der Waals surface area contributed by atoms with Crippen LogP contribution in [0.5, 0.6) is 0 Å². The molecule has 1 atom stereocenters. The number of hydrogen-bond acceptors (Lipinski definition) is 3. The van der Waals surface area contributed by atoms with Gasteiger partial charge in [0.15, 0.2) is 0 Å². The number of rotatable bonds is 5. The molecule has 0 bridgehead atoms. The molecule has 3 nitrogen and oxygen atoms in total. The fourth-order valence-electron chi connectivity index (χ4n) is 1.73. The van der Waals surface area contributed by atoms with Crippen molar-refractivity contribution in [3.63, 3.8) is 0 Å². The van der Waals surface area contributed by atoms with Crippen LogP contribution < -0.4 is 5.32 Å². The molecule has 0 amide bonds. The minimum atomic E-state index is -0.0633. The topological polar surface area (TPSA) is 30.5 Å². The van der Waals surface area contributed by atoms with Gasteiger partial charge in [0.25, 0.3) is 0 Å². The van der Waals surface area contributed by atoms with E-state index >= 15 is 0 Å². The molecule has 3 heteroatoms. The molecule has 0 aliphatic carbocycles. The number of hydrogen-bond donors (Lipinski definition) is 1. The Balaban J connectivity index is 2.17. The predicted molar refractivity (Wildman–Crippen MR) is 57.5 cm³/mol. The maximum absolute atomic E-state index is 5.62. The lowest BCUT2D eigenvalue weighted by Crippen LogP contribution is -2.45. The minimum Gasteiger partial charge on any atom is -0.380 e. The highest BCUT2D eigenvalue weighted by atomic mass is 16.5. The van der Waals surface area contributed by atoms with Gasteiger partial charge in [0, 0.05) is 25.8 Å². The molecule has 0 spiro atoms. The molecule has 0 aromatic heterocycles. The van der Waals surface area contributed by atoms with E-state index < -0.39 is 0 Å². The highest BCUT2D eigenvalue weighted by Gasteiger charge is 2.20. The zero-order valence-corrected chi connectivity index (χ0v) is 9.64. The molecule has 1 N–H and O–H groups in total. The largest absolute Gasteiger partial charge is 0.380 e. The molecule has 1 saturated heterocycles. The van der Waals surface area contributed by atoms with E-state index in [4.69, 9.17) is 9.47 Å². The van der Waals surface area contributed by atoms with Crippen molar-refractivity contribution in [3.05, 3.63) is 0 Å². The summed E-state index contributed by atoms with van der Waals surface area (Å²) in [7, 11) is 0. The summed E-state index contributed by atoms with van der Waals surface area (Å²) in [5, 5.41) is 3.50. The van der Waals surface area contributed by atoms with E-state index in [0.717, 1.165) is 26.4 Å². The summed E-state index contributed by atoms with van der Waals surface area (Å²) in [6.45, 7) is 9.71. The molecule has 14 heavy (non-hydrogen) atoms. The van der Waals surface area contributed by atoms with Crippen molar-refractivity contribution in [1.82, 2.24) is 5.32 Å². The van der Waals surface area contributed by atoms with Gasteiger partial charge in [-0.25, -0.2) is 0 Å². The van der Waals surface area contributed by atoms with Gasteiger partial charge in [-0.05, 0) is 33.6 Å². The molecule has 84 valence electrons. The molecule has 0 aromatic rings. The first-order chi connectivity index (χ1) is 6.64. The first-order valence-corrected chi connectivity index (χ1v) is 5.59. The molecule has 1 rings (SSSR count). The van der Waals surface area contributed by atoms with E-state index in [9.17, 15) is 0 Å². The summed E-state index contributed by atoms with van der Waals surface area (Å²) in [6, 6.07) is 0.517. The van der Waals surface area contributed by atoms with Crippen LogP contribution >= 0.6 is 0 Å². The van der Waals surface area contributed by atoms with Crippen LogP contribution in [0.15, 0.2) is 0 Å². The summed E-state index contributed by atoms with van der Waals surface area (Å²) >= 11 is 0. The van der Waals surface area contributed by atoms with Crippen LogP contribution in [0.2, 0.25) is 0 Å². The summed E-state index contributed by atoms with van der Waals surface area (Å²) in [6.07, 6.45) is 2.40. The minimum absolute atomic E-state index is 0.0633. The third kappa shape index (κ3) is 4.40. The van der Waals surface area contributed by atoms with Gasteiger partial charge in [0.1, 0.15) is 0 Å². The lowest BCUT2D eigenvalue weighted by molar-refractivity contribution is -0.0161. The third-order valence-electron chi connectivity index (χ3n) is 2.51. The van der Waals surface area contributed by atoms with Gasteiger partial charge in [-0.1, -0.05) is 0 Å². The second-order valence-corrected chi connectivity index (χ2v) is 4.49. The summed E-state index contributed by atoms with van der Waals surface area (Å²) in [5.41, 5.74) is -0.0633. The van der Waals surface area contributed by atoms with Crippen molar-refractivity contribution in [3.8, 4) is 0 Å². The average molecular weight is 201 g/mol. The number of ether oxygens (including phenoxy) is 2. The number of nitrogens with one attached hydrogen (secondary N) is 1. The normalized spacial score (nSPS) is 23.8. The molecule has 1 aliphatic heterocycles. The van der Waals surface area contributed by atoms with E-state index in [1.165, 1.54) is 12.8 Å². The molecular formula is C11H23NO2. The van der Waals surface area contributed by atoms with Crippen molar-refractivity contribution in [1.29, 1.82) is 0 Å². The van der Waals surface area contributed by atoms with E-state index in [-0.39, 0.29) is 5.60 Å². The van der Waals surface area contributed by atoms with Gasteiger partial charge >= 0.3 is 0 Å². The second-order valence-electron chi connectivity index (χ2n) is 4.49. The highest BCUT2D eigenvalue weighted by Crippen LogP contribution is 2.10. The van der Waals surface area contributed by atoms with Crippen LogP contribution in [-0.2, 0) is 9.47 Å². The molecule has 0 radical (unpaired) electrons. The summed E-state index contributed by atoms with van der Waals surface area (Å²) < 4.78 is 11.0. The molecular weight excluding hydrogens is 178 g/mol. The van der Waals surface area contributed by atoms with Gasteiger partial charge in [-0.2, -0.15) is 0 Å². The molecule has 0 aromatic carbocycles. The monoisotopic (exact) mass is 201 g/mol. The first-order valence-electron chi connectivity index (χ1n) is 5.59.